The maximum atomic E-state index is 11.9. The number of rotatable bonds is 3. The first-order chi connectivity index (χ1) is 8.58. The van der Waals surface area contributed by atoms with Crippen LogP contribution in [0, 0.1) is 12.8 Å². The van der Waals surface area contributed by atoms with Crippen molar-refractivity contribution in [3.63, 3.8) is 0 Å². The Morgan fingerprint density at radius 3 is 2.83 bits per heavy atom. The Balaban J connectivity index is 2.17. The van der Waals surface area contributed by atoms with Crippen LogP contribution in [-0.2, 0) is 9.53 Å². The molecule has 1 unspecified atom stereocenters. The molecule has 2 N–H and O–H groups in total. The summed E-state index contributed by atoms with van der Waals surface area (Å²) < 4.78 is 5.14. The topological polar surface area (TPSA) is 75.6 Å². The van der Waals surface area contributed by atoms with E-state index in [1.165, 1.54) is 0 Å². The van der Waals surface area contributed by atoms with E-state index in [-0.39, 0.29) is 17.4 Å². The lowest BCUT2D eigenvalue weighted by Gasteiger charge is -2.12. The van der Waals surface area contributed by atoms with Crippen molar-refractivity contribution in [3.8, 4) is 0 Å². The second-order valence-corrected chi connectivity index (χ2v) is 4.40. The standard InChI is InChI=1S/C13H15NO4/c1-8-2-3-11(10(6-8)13(16)17)14-12(15)9-4-5-18-7-9/h2-3,6,9H,4-5,7H2,1H3,(H,14,15)(H,16,17). The molecule has 1 aromatic carbocycles. The van der Waals surface area contributed by atoms with Gasteiger partial charge in [0.2, 0.25) is 5.91 Å². The highest BCUT2D eigenvalue weighted by Gasteiger charge is 2.24. The van der Waals surface area contributed by atoms with Gasteiger partial charge in [0.15, 0.2) is 0 Å². The summed E-state index contributed by atoms with van der Waals surface area (Å²) in [6.07, 6.45) is 0.681. The van der Waals surface area contributed by atoms with Crippen LogP contribution < -0.4 is 5.32 Å². The van der Waals surface area contributed by atoms with Gasteiger partial charge in [0.25, 0.3) is 0 Å². The van der Waals surface area contributed by atoms with Crippen LogP contribution in [0.5, 0.6) is 0 Å². The van der Waals surface area contributed by atoms with Crippen molar-refractivity contribution < 1.29 is 19.4 Å². The molecule has 18 heavy (non-hydrogen) atoms. The smallest absolute Gasteiger partial charge is 0.337 e. The van der Waals surface area contributed by atoms with E-state index < -0.39 is 5.97 Å². The average Bonchev–Trinajstić information content (AvgIpc) is 2.84. The molecule has 1 fully saturated rings. The number of carboxylic acid groups (broad SMARTS) is 1. The van der Waals surface area contributed by atoms with Gasteiger partial charge in [-0.2, -0.15) is 0 Å². The third-order valence-corrected chi connectivity index (χ3v) is 2.96. The maximum Gasteiger partial charge on any atom is 0.337 e. The summed E-state index contributed by atoms with van der Waals surface area (Å²) in [4.78, 5) is 23.0. The summed E-state index contributed by atoms with van der Waals surface area (Å²) in [5.41, 5.74) is 1.29. The third-order valence-electron chi connectivity index (χ3n) is 2.96. The van der Waals surface area contributed by atoms with Gasteiger partial charge in [0.1, 0.15) is 0 Å². The molecule has 1 aliphatic heterocycles. The number of nitrogens with one attached hydrogen (secondary N) is 1. The molecule has 1 amide bonds. The van der Waals surface area contributed by atoms with Gasteiger partial charge in [0, 0.05) is 6.61 Å². The number of hydrogen-bond acceptors (Lipinski definition) is 3. The number of carboxylic acids is 1. The van der Waals surface area contributed by atoms with Crippen LogP contribution in [0.3, 0.4) is 0 Å². The molecule has 1 aliphatic rings. The van der Waals surface area contributed by atoms with E-state index in [1.54, 1.807) is 18.2 Å². The van der Waals surface area contributed by atoms with Crippen LogP contribution in [-0.4, -0.2) is 30.2 Å². The Hall–Kier alpha value is -1.88. The lowest BCUT2D eigenvalue weighted by molar-refractivity contribution is -0.119. The fraction of sp³-hybridized carbons (Fsp3) is 0.385. The fourth-order valence-corrected chi connectivity index (χ4v) is 1.92. The number of aromatic carboxylic acids is 1. The first-order valence-corrected chi connectivity index (χ1v) is 5.80. The van der Waals surface area contributed by atoms with Crippen LogP contribution in [0.25, 0.3) is 0 Å². The lowest BCUT2D eigenvalue weighted by atomic mass is 10.1. The van der Waals surface area contributed by atoms with Crippen molar-refractivity contribution in [1.29, 1.82) is 0 Å². The zero-order valence-electron chi connectivity index (χ0n) is 10.1. The predicted octanol–water partition coefficient (Wildman–Crippen LogP) is 1.67. The molecule has 0 spiro atoms. The van der Waals surface area contributed by atoms with Crippen LogP contribution in [0.15, 0.2) is 18.2 Å². The Bertz CT molecular complexity index is 478. The van der Waals surface area contributed by atoms with E-state index in [2.05, 4.69) is 5.32 Å². The molecule has 0 aliphatic carbocycles. The molecule has 96 valence electrons. The molecular formula is C13H15NO4. The molecular weight excluding hydrogens is 234 g/mol. The lowest BCUT2D eigenvalue weighted by Crippen LogP contribution is -2.24. The molecule has 0 radical (unpaired) electrons. The van der Waals surface area contributed by atoms with Crippen LogP contribution >= 0.6 is 0 Å². The van der Waals surface area contributed by atoms with Gasteiger partial charge in [-0.25, -0.2) is 4.79 Å². The van der Waals surface area contributed by atoms with Crippen molar-refractivity contribution in [2.45, 2.75) is 13.3 Å². The van der Waals surface area contributed by atoms with Crippen molar-refractivity contribution in [2.75, 3.05) is 18.5 Å². The maximum absolute atomic E-state index is 11.9. The van der Waals surface area contributed by atoms with Crippen LogP contribution in [0.1, 0.15) is 22.3 Å². The highest BCUT2D eigenvalue weighted by atomic mass is 16.5. The van der Waals surface area contributed by atoms with Gasteiger partial charge in [-0.3, -0.25) is 4.79 Å². The number of aryl methyl sites for hydroxylation is 1. The second kappa shape index (κ2) is 5.18. The number of hydrogen-bond donors (Lipinski definition) is 2. The van der Waals surface area contributed by atoms with E-state index in [9.17, 15) is 9.59 Å². The number of amides is 1. The van der Waals surface area contributed by atoms with Gasteiger partial charge in [-0.05, 0) is 25.5 Å². The van der Waals surface area contributed by atoms with Crippen molar-refractivity contribution in [1.82, 2.24) is 0 Å². The first kappa shape index (κ1) is 12.6. The number of anilines is 1. The Labute approximate surface area is 105 Å². The summed E-state index contributed by atoms with van der Waals surface area (Å²) in [5, 5.41) is 11.8. The molecule has 0 saturated carbocycles. The Morgan fingerprint density at radius 1 is 1.44 bits per heavy atom. The number of carbonyl (C=O) groups is 2. The van der Waals surface area contributed by atoms with Crippen LogP contribution in [0.4, 0.5) is 5.69 Å². The monoisotopic (exact) mass is 249 g/mol. The van der Waals surface area contributed by atoms with Gasteiger partial charge in [-0.15, -0.1) is 0 Å². The quantitative estimate of drug-likeness (QED) is 0.854. The van der Waals surface area contributed by atoms with E-state index in [4.69, 9.17) is 9.84 Å². The van der Waals surface area contributed by atoms with E-state index in [1.807, 2.05) is 6.92 Å². The highest BCUT2D eigenvalue weighted by molar-refractivity contribution is 6.01. The van der Waals surface area contributed by atoms with Gasteiger partial charge >= 0.3 is 5.97 Å². The fourth-order valence-electron chi connectivity index (χ4n) is 1.92. The molecule has 0 aromatic heterocycles. The molecule has 5 heteroatoms. The predicted molar refractivity (Wildman–Crippen MR) is 65.7 cm³/mol. The minimum absolute atomic E-state index is 0.113. The van der Waals surface area contributed by atoms with Gasteiger partial charge in [0.05, 0.1) is 23.8 Å². The summed E-state index contributed by atoms with van der Waals surface area (Å²) in [6.45, 7) is 2.79. The second-order valence-electron chi connectivity index (χ2n) is 4.40. The van der Waals surface area contributed by atoms with E-state index in [0.29, 0.717) is 25.3 Å². The van der Waals surface area contributed by atoms with Crippen molar-refractivity contribution in [3.05, 3.63) is 29.3 Å². The third kappa shape index (κ3) is 2.68. The summed E-state index contributed by atoms with van der Waals surface area (Å²) >= 11 is 0. The first-order valence-electron chi connectivity index (χ1n) is 5.80. The molecule has 1 aromatic rings. The largest absolute Gasteiger partial charge is 0.478 e. The zero-order valence-corrected chi connectivity index (χ0v) is 10.1. The minimum Gasteiger partial charge on any atom is -0.478 e. The van der Waals surface area contributed by atoms with Gasteiger partial charge < -0.3 is 15.2 Å². The molecule has 5 nitrogen and oxygen atoms in total. The number of carbonyl (C=O) groups excluding carboxylic acids is 1. The summed E-state index contributed by atoms with van der Waals surface area (Å²) in [5.74, 6) is -1.41. The summed E-state index contributed by atoms with van der Waals surface area (Å²) in [6, 6.07) is 4.93. The molecule has 1 heterocycles. The van der Waals surface area contributed by atoms with Crippen molar-refractivity contribution >= 4 is 17.6 Å². The normalized spacial score (nSPS) is 18.6. The van der Waals surface area contributed by atoms with Gasteiger partial charge in [-0.1, -0.05) is 11.6 Å². The number of benzene rings is 1. The molecule has 1 atom stereocenters. The minimum atomic E-state index is -1.04. The Kier molecular flexibility index (Phi) is 3.62. The Morgan fingerprint density at radius 2 is 2.22 bits per heavy atom. The van der Waals surface area contributed by atoms with E-state index in [0.717, 1.165) is 5.56 Å². The highest BCUT2D eigenvalue weighted by Crippen LogP contribution is 2.20. The molecule has 2 rings (SSSR count). The number of ether oxygens (including phenoxy) is 1. The molecule has 1 saturated heterocycles. The SMILES string of the molecule is Cc1ccc(NC(=O)C2CCOC2)c(C(=O)O)c1. The average molecular weight is 249 g/mol. The van der Waals surface area contributed by atoms with Crippen LogP contribution in [0.2, 0.25) is 0 Å². The summed E-state index contributed by atoms with van der Waals surface area (Å²) in [7, 11) is 0. The van der Waals surface area contributed by atoms with E-state index >= 15 is 0 Å². The van der Waals surface area contributed by atoms with Crippen molar-refractivity contribution in [2.24, 2.45) is 5.92 Å². The zero-order chi connectivity index (χ0) is 13.1. The molecule has 0 bridgehead atoms.